The Morgan fingerprint density at radius 2 is 2.00 bits per heavy atom. The maximum atomic E-state index is 5.85. The average Bonchev–Trinajstić information content (AvgIpc) is 3.02. The van der Waals surface area contributed by atoms with Gasteiger partial charge in [-0.25, -0.2) is 0 Å². The van der Waals surface area contributed by atoms with Gasteiger partial charge in [0.2, 0.25) is 5.82 Å². The minimum atomic E-state index is -0.347. The number of rotatable bonds is 4. The topological polar surface area (TPSA) is 73.9 Å². The molecular formula is C16H16N4O2. The van der Waals surface area contributed by atoms with Gasteiger partial charge in [-0.2, -0.15) is 10.1 Å². The van der Waals surface area contributed by atoms with Crippen LogP contribution in [0.5, 0.6) is 5.75 Å². The van der Waals surface area contributed by atoms with Crippen LogP contribution in [0.2, 0.25) is 0 Å². The Kier molecular flexibility index (Phi) is 3.82. The lowest BCUT2D eigenvalue weighted by molar-refractivity contribution is 0.175. The summed E-state index contributed by atoms with van der Waals surface area (Å²) in [5.41, 5.74) is 2.97. The fraction of sp³-hybridized carbons (Fsp3) is 0.250. The normalized spacial score (nSPS) is 12.1. The van der Waals surface area contributed by atoms with Crippen LogP contribution in [0.15, 0.2) is 41.1 Å². The van der Waals surface area contributed by atoms with E-state index in [2.05, 4.69) is 27.3 Å². The lowest BCUT2D eigenvalue weighted by atomic mass is 10.1. The molecule has 1 atom stereocenters. The van der Waals surface area contributed by atoms with Crippen LogP contribution < -0.4 is 4.74 Å². The number of hydrogen-bond donors (Lipinski definition) is 0. The van der Waals surface area contributed by atoms with Crippen LogP contribution in [0.25, 0.3) is 11.5 Å². The molecule has 2 heterocycles. The van der Waals surface area contributed by atoms with Gasteiger partial charge in [0.1, 0.15) is 11.4 Å². The number of aromatic nitrogens is 4. The molecule has 0 fully saturated rings. The second-order valence-electron chi connectivity index (χ2n) is 5.07. The molecule has 0 N–H and O–H groups in total. The van der Waals surface area contributed by atoms with Crippen molar-refractivity contribution >= 4 is 0 Å². The highest BCUT2D eigenvalue weighted by Crippen LogP contribution is 2.24. The van der Waals surface area contributed by atoms with Crippen molar-refractivity contribution in [2.24, 2.45) is 0 Å². The second kappa shape index (κ2) is 5.93. The summed E-state index contributed by atoms with van der Waals surface area (Å²) in [5.74, 6) is 1.58. The maximum Gasteiger partial charge on any atom is 0.267 e. The zero-order valence-electron chi connectivity index (χ0n) is 12.6. The standard InChI is InChI=1S/C16H16N4O2/c1-10-6-7-13(9-11(10)2)21-12(3)16-18-15(20-22-16)14-5-4-8-17-19-14/h4-9,12H,1-3H3/t12-/m0/s1. The molecule has 6 heteroatoms. The van der Waals surface area contributed by atoms with Crippen molar-refractivity contribution in [1.29, 1.82) is 0 Å². The van der Waals surface area contributed by atoms with Crippen molar-refractivity contribution in [2.75, 3.05) is 0 Å². The third-order valence-electron chi connectivity index (χ3n) is 3.38. The third-order valence-corrected chi connectivity index (χ3v) is 3.38. The number of nitrogens with zero attached hydrogens (tertiary/aromatic N) is 4. The maximum absolute atomic E-state index is 5.85. The highest BCUT2D eigenvalue weighted by atomic mass is 16.5. The highest BCUT2D eigenvalue weighted by Gasteiger charge is 2.17. The number of ether oxygens (including phenoxy) is 1. The van der Waals surface area contributed by atoms with Gasteiger partial charge in [0, 0.05) is 6.20 Å². The summed E-state index contributed by atoms with van der Waals surface area (Å²) in [6, 6.07) is 9.49. The van der Waals surface area contributed by atoms with E-state index in [1.165, 1.54) is 11.1 Å². The van der Waals surface area contributed by atoms with Crippen molar-refractivity contribution in [3.63, 3.8) is 0 Å². The quantitative estimate of drug-likeness (QED) is 0.735. The van der Waals surface area contributed by atoms with Crippen LogP contribution in [0.3, 0.4) is 0 Å². The molecule has 22 heavy (non-hydrogen) atoms. The molecule has 0 aliphatic carbocycles. The molecule has 1 aromatic carbocycles. The first-order valence-corrected chi connectivity index (χ1v) is 6.99. The summed E-state index contributed by atoms with van der Waals surface area (Å²) in [6.45, 7) is 5.97. The van der Waals surface area contributed by atoms with Crippen LogP contribution in [-0.2, 0) is 0 Å². The summed E-state index contributed by atoms with van der Waals surface area (Å²) < 4.78 is 11.1. The SMILES string of the molecule is Cc1ccc(O[C@@H](C)c2nc(-c3cccnn3)no2)cc1C. The van der Waals surface area contributed by atoms with Crippen LogP contribution in [0, 0.1) is 13.8 Å². The molecule has 0 aliphatic heterocycles. The predicted octanol–water partition coefficient (Wildman–Crippen LogP) is 3.28. The van der Waals surface area contributed by atoms with Gasteiger partial charge >= 0.3 is 0 Å². The monoisotopic (exact) mass is 296 g/mol. The molecule has 0 saturated carbocycles. The number of hydrogen-bond acceptors (Lipinski definition) is 6. The molecule has 2 aromatic heterocycles. The molecule has 0 bridgehead atoms. The van der Waals surface area contributed by atoms with E-state index in [0.717, 1.165) is 5.75 Å². The third kappa shape index (κ3) is 2.95. The Balaban J connectivity index is 1.77. The van der Waals surface area contributed by atoms with Crippen LogP contribution >= 0.6 is 0 Å². The molecule has 112 valence electrons. The average molecular weight is 296 g/mol. The van der Waals surface area contributed by atoms with E-state index >= 15 is 0 Å². The van der Waals surface area contributed by atoms with Crippen LogP contribution in [0.4, 0.5) is 0 Å². The lowest BCUT2D eigenvalue weighted by Gasteiger charge is -2.12. The molecule has 6 nitrogen and oxygen atoms in total. The zero-order valence-corrected chi connectivity index (χ0v) is 12.6. The van der Waals surface area contributed by atoms with E-state index in [1.807, 2.05) is 32.0 Å². The molecule has 0 aliphatic rings. The van der Waals surface area contributed by atoms with Crippen molar-refractivity contribution < 1.29 is 9.26 Å². The van der Waals surface area contributed by atoms with Crippen molar-refractivity contribution in [1.82, 2.24) is 20.3 Å². The molecular weight excluding hydrogens is 280 g/mol. The minimum absolute atomic E-state index is 0.347. The fourth-order valence-electron chi connectivity index (χ4n) is 1.97. The fourth-order valence-corrected chi connectivity index (χ4v) is 1.97. The Labute approximate surface area is 128 Å². The van der Waals surface area contributed by atoms with E-state index in [1.54, 1.807) is 18.3 Å². The number of benzene rings is 1. The summed E-state index contributed by atoms with van der Waals surface area (Å²) >= 11 is 0. The van der Waals surface area contributed by atoms with Gasteiger partial charge in [0.05, 0.1) is 0 Å². The van der Waals surface area contributed by atoms with E-state index in [-0.39, 0.29) is 6.10 Å². The van der Waals surface area contributed by atoms with E-state index in [9.17, 15) is 0 Å². The van der Waals surface area contributed by atoms with Gasteiger partial charge in [-0.05, 0) is 56.2 Å². The van der Waals surface area contributed by atoms with Gasteiger partial charge in [0.25, 0.3) is 5.89 Å². The van der Waals surface area contributed by atoms with Gasteiger partial charge in [-0.1, -0.05) is 11.2 Å². The molecule has 0 saturated heterocycles. The Hall–Kier alpha value is -2.76. The largest absolute Gasteiger partial charge is 0.481 e. The van der Waals surface area contributed by atoms with E-state index in [0.29, 0.717) is 17.4 Å². The smallest absolute Gasteiger partial charge is 0.267 e. The first-order chi connectivity index (χ1) is 10.6. The lowest BCUT2D eigenvalue weighted by Crippen LogP contribution is -2.04. The Morgan fingerprint density at radius 1 is 1.14 bits per heavy atom. The summed E-state index contributed by atoms with van der Waals surface area (Å²) in [6.07, 6.45) is 1.25. The first-order valence-electron chi connectivity index (χ1n) is 6.99. The minimum Gasteiger partial charge on any atom is -0.481 e. The summed E-state index contributed by atoms with van der Waals surface area (Å²) in [4.78, 5) is 4.31. The van der Waals surface area contributed by atoms with Gasteiger partial charge in [0.15, 0.2) is 6.10 Å². The van der Waals surface area contributed by atoms with Crippen molar-refractivity contribution in [3.8, 4) is 17.3 Å². The molecule has 0 radical (unpaired) electrons. The van der Waals surface area contributed by atoms with Crippen LogP contribution in [-0.4, -0.2) is 20.3 Å². The molecule has 0 unspecified atom stereocenters. The van der Waals surface area contributed by atoms with E-state index < -0.39 is 0 Å². The van der Waals surface area contributed by atoms with Gasteiger partial charge < -0.3 is 9.26 Å². The molecule has 3 aromatic rings. The van der Waals surface area contributed by atoms with Crippen molar-refractivity contribution in [2.45, 2.75) is 26.9 Å². The van der Waals surface area contributed by atoms with E-state index in [4.69, 9.17) is 9.26 Å². The summed E-state index contributed by atoms with van der Waals surface area (Å²) in [5, 5.41) is 11.7. The first kappa shape index (κ1) is 14.2. The molecule has 3 rings (SSSR count). The Bertz CT molecular complexity index is 771. The number of aryl methyl sites for hydroxylation is 2. The predicted molar refractivity (Wildman–Crippen MR) is 80.3 cm³/mol. The van der Waals surface area contributed by atoms with Gasteiger partial charge in [-0.15, -0.1) is 5.10 Å². The summed E-state index contributed by atoms with van der Waals surface area (Å²) in [7, 11) is 0. The second-order valence-corrected chi connectivity index (χ2v) is 5.07. The van der Waals surface area contributed by atoms with Crippen molar-refractivity contribution in [3.05, 3.63) is 53.5 Å². The zero-order chi connectivity index (χ0) is 15.5. The molecule has 0 amide bonds. The highest BCUT2D eigenvalue weighted by molar-refractivity contribution is 5.46. The molecule has 0 spiro atoms. The Morgan fingerprint density at radius 3 is 2.73 bits per heavy atom. The van der Waals surface area contributed by atoms with Crippen LogP contribution in [0.1, 0.15) is 30.0 Å². The van der Waals surface area contributed by atoms with Gasteiger partial charge in [-0.3, -0.25) is 0 Å².